The molecule has 108 valence electrons. The average molecular weight is 386 g/mol. The number of piperidine rings is 1. The Kier molecular flexibility index (Phi) is 5.01. The Bertz CT molecular complexity index is 491. The van der Waals surface area contributed by atoms with E-state index in [2.05, 4.69) is 41.8 Å². The lowest BCUT2D eigenvalue weighted by Crippen LogP contribution is -2.47. The predicted molar refractivity (Wildman–Crippen MR) is 87.3 cm³/mol. The van der Waals surface area contributed by atoms with Crippen molar-refractivity contribution < 1.29 is 9.59 Å². The summed E-state index contributed by atoms with van der Waals surface area (Å²) in [5.74, 6) is -0.0722. The van der Waals surface area contributed by atoms with E-state index in [1.165, 1.54) is 0 Å². The summed E-state index contributed by atoms with van der Waals surface area (Å²) >= 11 is 2.20. The second kappa shape index (κ2) is 6.56. The highest BCUT2D eigenvalue weighted by Gasteiger charge is 2.29. The maximum absolute atomic E-state index is 12.2. The van der Waals surface area contributed by atoms with Gasteiger partial charge in [0.25, 0.3) is 0 Å². The molecule has 1 aliphatic heterocycles. The Labute approximate surface area is 133 Å². The molecule has 1 aliphatic rings. The Hall–Kier alpha value is -1.11. The molecule has 1 aromatic carbocycles. The number of benzene rings is 1. The number of carbonyl (C=O) groups excluding carboxylic acids is 2. The van der Waals surface area contributed by atoms with Crippen LogP contribution in [0.3, 0.4) is 0 Å². The van der Waals surface area contributed by atoms with Crippen LogP contribution in [-0.4, -0.2) is 29.8 Å². The highest BCUT2D eigenvalue weighted by atomic mass is 127. The van der Waals surface area contributed by atoms with Crippen LogP contribution in [0.2, 0.25) is 0 Å². The van der Waals surface area contributed by atoms with Crippen LogP contribution >= 0.6 is 22.6 Å². The molecule has 1 fully saturated rings. The van der Waals surface area contributed by atoms with Crippen LogP contribution in [0.4, 0.5) is 5.69 Å². The Morgan fingerprint density at radius 2 is 1.70 bits per heavy atom. The summed E-state index contributed by atoms with van der Waals surface area (Å²) < 4.78 is 1.09. The summed E-state index contributed by atoms with van der Waals surface area (Å²) in [6.45, 7) is 5.58. The average Bonchev–Trinajstić information content (AvgIpc) is 2.39. The van der Waals surface area contributed by atoms with Gasteiger partial charge in [0, 0.05) is 22.3 Å². The number of anilines is 1. The lowest BCUT2D eigenvalue weighted by molar-refractivity contribution is -0.144. The zero-order chi connectivity index (χ0) is 14.7. The van der Waals surface area contributed by atoms with E-state index < -0.39 is 11.8 Å². The molecule has 5 heteroatoms. The van der Waals surface area contributed by atoms with Crippen molar-refractivity contribution in [2.75, 3.05) is 18.4 Å². The summed E-state index contributed by atoms with van der Waals surface area (Å²) in [5, 5.41) is 2.66. The smallest absolute Gasteiger partial charge is 0.313 e. The van der Waals surface area contributed by atoms with Crippen LogP contribution in [0.5, 0.6) is 0 Å². The molecule has 1 N–H and O–H groups in total. The largest absolute Gasteiger partial charge is 0.334 e. The molecule has 2 amide bonds. The van der Waals surface area contributed by atoms with E-state index in [-0.39, 0.29) is 0 Å². The fourth-order valence-corrected chi connectivity index (χ4v) is 3.05. The quantitative estimate of drug-likeness (QED) is 0.596. The molecular weight excluding hydrogens is 367 g/mol. The van der Waals surface area contributed by atoms with E-state index in [0.29, 0.717) is 30.6 Å². The fraction of sp³-hybridized carbons (Fsp3) is 0.467. The SMILES string of the molecule is CC1CC(C)CN(C(=O)C(=O)Nc2ccc(I)cc2)C1. The summed E-state index contributed by atoms with van der Waals surface area (Å²) in [4.78, 5) is 25.8. The number of hydrogen-bond donors (Lipinski definition) is 1. The van der Waals surface area contributed by atoms with Gasteiger partial charge < -0.3 is 10.2 Å². The monoisotopic (exact) mass is 386 g/mol. The second-order valence-corrected chi connectivity index (χ2v) is 6.86. The van der Waals surface area contributed by atoms with Crippen LogP contribution in [0, 0.1) is 15.4 Å². The zero-order valence-corrected chi connectivity index (χ0v) is 13.9. The predicted octanol–water partition coefficient (Wildman–Crippen LogP) is 2.73. The number of rotatable bonds is 1. The molecule has 1 saturated heterocycles. The van der Waals surface area contributed by atoms with Gasteiger partial charge in [-0.1, -0.05) is 13.8 Å². The minimum absolute atomic E-state index is 0.429. The molecule has 0 aliphatic carbocycles. The van der Waals surface area contributed by atoms with Gasteiger partial charge in [-0.25, -0.2) is 0 Å². The first-order valence-electron chi connectivity index (χ1n) is 6.81. The van der Waals surface area contributed by atoms with E-state index in [1.807, 2.05) is 12.1 Å². The number of carbonyl (C=O) groups is 2. The molecule has 2 rings (SSSR count). The van der Waals surface area contributed by atoms with Gasteiger partial charge in [-0.15, -0.1) is 0 Å². The van der Waals surface area contributed by atoms with Crippen molar-refractivity contribution in [3.05, 3.63) is 27.8 Å². The van der Waals surface area contributed by atoms with Gasteiger partial charge in [0.2, 0.25) is 0 Å². The van der Waals surface area contributed by atoms with E-state index in [4.69, 9.17) is 0 Å². The van der Waals surface area contributed by atoms with Gasteiger partial charge in [-0.2, -0.15) is 0 Å². The van der Waals surface area contributed by atoms with E-state index in [9.17, 15) is 9.59 Å². The number of amides is 2. The molecule has 20 heavy (non-hydrogen) atoms. The van der Waals surface area contributed by atoms with Crippen molar-refractivity contribution >= 4 is 40.1 Å². The van der Waals surface area contributed by atoms with E-state index in [1.54, 1.807) is 17.0 Å². The highest BCUT2D eigenvalue weighted by Crippen LogP contribution is 2.21. The first-order chi connectivity index (χ1) is 9.45. The topological polar surface area (TPSA) is 49.4 Å². The third-order valence-corrected chi connectivity index (χ3v) is 4.17. The molecule has 0 spiro atoms. The maximum Gasteiger partial charge on any atom is 0.313 e. The normalized spacial score (nSPS) is 22.4. The number of halogens is 1. The molecule has 4 nitrogen and oxygen atoms in total. The third-order valence-electron chi connectivity index (χ3n) is 3.45. The number of nitrogens with zero attached hydrogens (tertiary/aromatic N) is 1. The van der Waals surface area contributed by atoms with Crippen molar-refractivity contribution in [1.82, 2.24) is 4.90 Å². The molecule has 1 aromatic rings. The summed E-state index contributed by atoms with van der Waals surface area (Å²) in [6.07, 6.45) is 1.11. The molecule has 0 aromatic heterocycles. The van der Waals surface area contributed by atoms with Crippen LogP contribution in [0.1, 0.15) is 20.3 Å². The standard InChI is InChI=1S/C15H19IN2O2/c1-10-7-11(2)9-18(8-10)15(20)14(19)17-13-5-3-12(16)4-6-13/h3-6,10-11H,7-9H2,1-2H3,(H,17,19). The number of likely N-dealkylation sites (tertiary alicyclic amines) is 1. The van der Waals surface area contributed by atoms with Gasteiger partial charge in [-0.05, 0) is 65.1 Å². The van der Waals surface area contributed by atoms with Crippen LogP contribution in [0.15, 0.2) is 24.3 Å². The maximum atomic E-state index is 12.2. The van der Waals surface area contributed by atoms with Crippen LogP contribution in [0.25, 0.3) is 0 Å². The number of hydrogen-bond acceptors (Lipinski definition) is 2. The van der Waals surface area contributed by atoms with Gasteiger partial charge in [0.05, 0.1) is 0 Å². The van der Waals surface area contributed by atoms with Crippen molar-refractivity contribution in [2.24, 2.45) is 11.8 Å². The van der Waals surface area contributed by atoms with E-state index in [0.717, 1.165) is 9.99 Å². The number of nitrogens with one attached hydrogen (secondary N) is 1. The Morgan fingerprint density at radius 3 is 2.25 bits per heavy atom. The first kappa shape index (κ1) is 15.3. The van der Waals surface area contributed by atoms with Gasteiger partial charge in [0.1, 0.15) is 0 Å². The lowest BCUT2D eigenvalue weighted by Gasteiger charge is -2.34. The lowest BCUT2D eigenvalue weighted by atomic mass is 9.92. The summed E-state index contributed by atoms with van der Waals surface area (Å²) in [7, 11) is 0. The molecule has 0 radical (unpaired) electrons. The van der Waals surface area contributed by atoms with E-state index >= 15 is 0 Å². The van der Waals surface area contributed by atoms with Gasteiger partial charge in [0.15, 0.2) is 0 Å². The minimum atomic E-state index is -0.549. The second-order valence-electron chi connectivity index (χ2n) is 5.62. The molecule has 2 atom stereocenters. The van der Waals surface area contributed by atoms with Gasteiger partial charge in [-0.3, -0.25) is 9.59 Å². The molecular formula is C15H19IN2O2. The minimum Gasteiger partial charge on any atom is -0.334 e. The highest BCUT2D eigenvalue weighted by molar-refractivity contribution is 14.1. The van der Waals surface area contributed by atoms with Crippen LogP contribution < -0.4 is 5.32 Å². The zero-order valence-electron chi connectivity index (χ0n) is 11.7. The Morgan fingerprint density at radius 1 is 1.15 bits per heavy atom. The van der Waals surface area contributed by atoms with Crippen LogP contribution in [-0.2, 0) is 9.59 Å². The van der Waals surface area contributed by atoms with Crippen molar-refractivity contribution in [2.45, 2.75) is 20.3 Å². The fourth-order valence-electron chi connectivity index (χ4n) is 2.69. The molecule has 1 heterocycles. The first-order valence-corrected chi connectivity index (χ1v) is 7.89. The summed E-state index contributed by atoms with van der Waals surface area (Å²) in [5.41, 5.74) is 0.655. The third kappa shape index (κ3) is 3.94. The van der Waals surface area contributed by atoms with Crippen molar-refractivity contribution in [1.29, 1.82) is 0 Å². The Balaban J connectivity index is 1.98. The van der Waals surface area contributed by atoms with Crippen molar-refractivity contribution in [3.8, 4) is 0 Å². The van der Waals surface area contributed by atoms with Gasteiger partial charge >= 0.3 is 11.8 Å². The summed E-state index contributed by atoms with van der Waals surface area (Å²) in [6, 6.07) is 7.39. The van der Waals surface area contributed by atoms with Crippen molar-refractivity contribution in [3.63, 3.8) is 0 Å². The molecule has 0 bridgehead atoms. The molecule has 2 unspecified atom stereocenters. The molecule has 0 saturated carbocycles.